The van der Waals surface area contributed by atoms with Crippen LogP contribution in [-0.4, -0.2) is 36.0 Å². The van der Waals surface area contributed by atoms with Crippen LogP contribution in [0.25, 0.3) is 0 Å². The van der Waals surface area contributed by atoms with Crippen molar-refractivity contribution in [2.45, 2.75) is 37.2 Å². The van der Waals surface area contributed by atoms with E-state index < -0.39 is 30.1 Å². The minimum absolute atomic E-state index is 0.0640. The van der Waals surface area contributed by atoms with E-state index in [4.69, 9.17) is 0 Å². The van der Waals surface area contributed by atoms with Crippen molar-refractivity contribution in [3.8, 4) is 0 Å². The first-order chi connectivity index (χ1) is 10.4. The second kappa shape index (κ2) is 9.58. The molecule has 0 bridgehead atoms. The van der Waals surface area contributed by atoms with Crippen LogP contribution in [0.1, 0.15) is 19.8 Å². The molecular weight excluding hydrogens is 317 g/mol. The van der Waals surface area contributed by atoms with E-state index in [9.17, 15) is 23.1 Å². The van der Waals surface area contributed by atoms with Crippen molar-refractivity contribution in [2.24, 2.45) is 0 Å². The number of rotatable bonds is 8. The van der Waals surface area contributed by atoms with Crippen LogP contribution in [0.15, 0.2) is 23.1 Å². The molecule has 0 saturated heterocycles. The Morgan fingerprint density at radius 1 is 1.41 bits per heavy atom. The fraction of sp³-hybridized carbons (Fsp3) is 0.500. The van der Waals surface area contributed by atoms with E-state index in [0.29, 0.717) is 11.3 Å². The predicted octanol–water partition coefficient (Wildman–Crippen LogP) is 3.47. The van der Waals surface area contributed by atoms with E-state index in [2.05, 4.69) is 10.6 Å². The van der Waals surface area contributed by atoms with Crippen LogP contribution >= 0.6 is 11.8 Å². The van der Waals surface area contributed by atoms with E-state index in [0.717, 1.165) is 30.3 Å². The molecule has 2 amide bonds. The van der Waals surface area contributed by atoms with Gasteiger partial charge in [-0.3, -0.25) is 0 Å². The summed E-state index contributed by atoms with van der Waals surface area (Å²) in [5, 5.41) is 14.4. The lowest BCUT2D eigenvalue weighted by Crippen LogP contribution is -2.35. The Hall–Kier alpha value is -1.41. The summed E-state index contributed by atoms with van der Waals surface area (Å²) in [6, 6.07) is 2.92. The zero-order valence-electron chi connectivity index (χ0n) is 12.1. The number of urea groups is 1. The van der Waals surface area contributed by atoms with Gasteiger partial charge in [-0.15, -0.1) is 11.8 Å². The molecule has 22 heavy (non-hydrogen) atoms. The molecule has 0 saturated carbocycles. The molecule has 0 aliphatic carbocycles. The number of benzene rings is 1. The minimum atomic E-state index is -2.50. The second-order valence-corrected chi connectivity index (χ2v) is 5.68. The van der Waals surface area contributed by atoms with E-state index >= 15 is 0 Å². The molecule has 0 aromatic heterocycles. The van der Waals surface area contributed by atoms with Gasteiger partial charge in [0, 0.05) is 11.4 Å². The molecule has 1 rings (SSSR count). The third-order valence-corrected chi connectivity index (χ3v) is 3.76. The largest absolute Gasteiger partial charge is 0.391 e. The molecular formula is C14H19F3N2O2S. The Kier molecular flexibility index (Phi) is 8.11. The highest BCUT2D eigenvalue weighted by Gasteiger charge is 2.12. The van der Waals surface area contributed by atoms with Gasteiger partial charge in [0.05, 0.1) is 17.5 Å². The summed E-state index contributed by atoms with van der Waals surface area (Å²) in [6.45, 7) is 1.97. The fourth-order valence-corrected chi connectivity index (χ4v) is 2.43. The molecule has 1 aromatic rings. The van der Waals surface area contributed by atoms with Crippen LogP contribution in [0.4, 0.5) is 23.7 Å². The Balaban J connectivity index is 2.62. The van der Waals surface area contributed by atoms with Gasteiger partial charge in [-0.25, -0.2) is 18.0 Å². The first kappa shape index (κ1) is 18.6. The van der Waals surface area contributed by atoms with E-state index in [-0.39, 0.29) is 12.2 Å². The number of hydrogen-bond donors (Lipinski definition) is 3. The van der Waals surface area contributed by atoms with Gasteiger partial charge in [0.25, 0.3) is 0 Å². The van der Waals surface area contributed by atoms with Gasteiger partial charge in [-0.05, 0) is 24.6 Å². The maximum Gasteiger partial charge on any atom is 0.319 e. The third kappa shape index (κ3) is 7.04. The molecule has 1 unspecified atom stereocenters. The van der Waals surface area contributed by atoms with Crippen LogP contribution in [0, 0.1) is 5.82 Å². The van der Waals surface area contributed by atoms with E-state index in [1.807, 2.05) is 6.92 Å². The number of nitrogens with one attached hydrogen (secondary N) is 2. The monoisotopic (exact) mass is 336 g/mol. The predicted molar refractivity (Wildman–Crippen MR) is 81.1 cm³/mol. The number of carbonyl (C=O) groups is 1. The Morgan fingerprint density at radius 2 is 2.14 bits per heavy atom. The van der Waals surface area contributed by atoms with Gasteiger partial charge in [-0.1, -0.05) is 13.3 Å². The Labute approximate surface area is 131 Å². The van der Waals surface area contributed by atoms with Gasteiger partial charge in [0.15, 0.2) is 0 Å². The first-order valence-corrected chi connectivity index (χ1v) is 7.84. The number of thioether (sulfide) groups is 1. The zero-order chi connectivity index (χ0) is 16.5. The summed E-state index contributed by atoms with van der Waals surface area (Å²) in [4.78, 5) is 12.1. The van der Waals surface area contributed by atoms with E-state index in [1.54, 1.807) is 0 Å². The van der Waals surface area contributed by atoms with Crippen molar-refractivity contribution in [3.05, 3.63) is 24.0 Å². The van der Waals surface area contributed by atoms with Crippen LogP contribution in [0.3, 0.4) is 0 Å². The number of hydrogen-bond acceptors (Lipinski definition) is 3. The van der Waals surface area contributed by atoms with Crippen LogP contribution < -0.4 is 10.6 Å². The lowest BCUT2D eigenvalue weighted by molar-refractivity contribution is 0.162. The maximum atomic E-state index is 13.2. The molecule has 4 nitrogen and oxygen atoms in total. The van der Waals surface area contributed by atoms with Crippen molar-refractivity contribution in [2.75, 3.05) is 17.6 Å². The number of amides is 2. The lowest BCUT2D eigenvalue weighted by atomic mass is 10.2. The van der Waals surface area contributed by atoms with E-state index in [1.165, 1.54) is 6.07 Å². The topological polar surface area (TPSA) is 61.4 Å². The smallest absolute Gasteiger partial charge is 0.319 e. The summed E-state index contributed by atoms with van der Waals surface area (Å²) in [5.41, 5.74) is 0.119. The number of halogens is 3. The Morgan fingerprint density at radius 3 is 2.77 bits per heavy atom. The number of anilines is 1. The molecule has 124 valence electrons. The normalized spacial score (nSPS) is 12.3. The third-order valence-electron chi connectivity index (χ3n) is 2.67. The van der Waals surface area contributed by atoms with Gasteiger partial charge in [0.1, 0.15) is 5.82 Å². The maximum absolute atomic E-state index is 13.2. The molecule has 0 heterocycles. The second-order valence-electron chi connectivity index (χ2n) is 4.62. The molecule has 0 fully saturated rings. The zero-order valence-corrected chi connectivity index (χ0v) is 12.9. The standard InChI is InChI=1S/C14H19F3N2O2S/c1-2-3-10(20)7-18-14(21)19-11-6-9(15)4-5-12(11)22-8-13(16)17/h4-6,10,13,20H,2-3,7-8H2,1H3,(H2,18,19,21). The molecule has 0 aliphatic heterocycles. The molecule has 1 aromatic carbocycles. The quantitative estimate of drug-likeness (QED) is 0.637. The van der Waals surface area contributed by atoms with Crippen molar-refractivity contribution in [1.29, 1.82) is 0 Å². The number of aliphatic hydroxyl groups excluding tert-OH is 1. The fourth-order valence-electron chi connectivity index (χ4n) is 1.69. The highest BCUT2D eigenvalue weighted by molar-refractivity contribution is 7.99. The summed E-state index contributed by atoms with van der Waals surface area (Å²) < 4.78 is 37.7. The molecule has 1 atom stereocenters. The highest BCUT2D eigenvalue weighted by Crippen LogP contribution is 2.29. The van der Waals surface area contributed by atoms with Crippen molar-refractivity contribution >= 4 is 23.5 Å². The minimum Gasteiger partial charge on any atom is -0.391 e. The summed E-state index contributed by atoms with van der Waals surface area (Å²) in [7, 11) is 0. The van der Waals surface area contributed by atoms with Crippen molar-refractivity contribution < 1.29 is 23.1 Å². The number of carbonyl (C=O) groups excluding carboxylic acids is 1. The van der Waals surface area contributed by atoms with Crippen LogP contribution in [0.2, 0.25) is 0 Å². The molecule has 0 radical (unpaired) electrons. The molecule has 0 spiro atoms. The average molecular weight is 336 g/mol. The SMILES string of the molecule is CCCC(O)CNC(=O)Nc1cc(F)ccc1SCC(F)F. The van der Waals surface area contributed by atoms with Crippen LogP contribution in [-0.2, 0) is 0 Å². The van der Waals surface area contributed by atoms with Gasteiger partial charge >= 0.3 is 6.03 Å². The summed E-state index contributed by atoms with van der Waals surface area (Å²) in [6.07, 6.45) is -1.82. The van der Waals surface area contributed by atoms with Gasteiger partial charge in [0.2, 0.25) is 6.43 Å². The van der Waals surface area contributed by atoms with Crippen molar-refractivity contribution in [3.63, 3.8) is 0 Å². The molecule has 8 heteroatoms. The summed E-state index contributed by atoms with van der Waals surface area (Å²) >= 11 is 0.830. The van der Waals surface area contributed by atoms with Gasteiger partial charge in [-0.2, -0.15) is 0 Å². The van der Waals surface area contributed by atoms with Gasteiger partial charge < -0.3 is 15.7 Å². The summed E-state index contributed by atoms with van der Waals surface area (Å²) in [5.74, 6) is -1.03. The van der Waals surface area contributed by atoms with Crippen LogP contribution in [0.5, 0.6) is 0 Å². The van der Waals surface area contributed by atoms with Crippen molar-refractivity contribution in [1.82, 2.24) is 5.32 Å². The molecule has 3 N–H and O–H groups in total. The average Bonchev–Trinajstić information content (AvgIpc) is 2.44. The number of alkyl halides is 2. The lowest BCUT2D eigenvalue weighted by Gasteiger charge is -2.14. The Bertz CT molecular complexity index is 489. The number of aliphatic hydroxyl groups is 1. The molecule has 0 aliphatic rings. The highest BCUT2D eigenvalue weighted by atomic mass is 32.2. The first-order valence-electron chi connectivity index (χ1n) is 6.85.